The van der Waals surface area contributed by atoms with Gasteiger partial charge in [-0.2, -0.15) is 0 Å². The fourth-order valence-corrected chi connectivity index (χ4v) is 6.61. The SMILES string of the molecule is CCOC(=O)C1=C(c2ccccc2)N=c2s/c(=C/c3cc([N+](=O)[O-])ccc3Sc3ncccn3)c(=O)n2[C@H]1c1ccccc1. The average molecular weight is 622 g/mol. The fourth-order valence-electron chi connectivity index (χ4n) is 4.82. The second-order valence-corrected chi connectivity index (χ2v) is 11.5. The van der Waals surface area contributed by atoms with Gasteiger partial charge in [-0.05, 0) is 48.0 Å². The van der Waals surface area contributed by atoms with Crippen LogP contribution in [0, 0.1) is 10.1 Å². The molecule has 0 aliphatic carbocycles. The average Bonchev–Trinajstić information content (AvgIpc) is 3.36. The van der Waals surface area contributed by atoms with Crippen molar-refractivity contribution in [2.45, 2.75) is 23.0 Å². The van der Waals surface area contributed by atoms with Gasteiger partial charge in [0.1, 0.15) is 0 Å². The number of rotatable bonds is 8. The standard InChI is InChI=1S/C32H23N5O5S2/c1-2-42-30(39)26-27(20-10-5-3-6-11-20)35-32-36(28(26)21-12-7-4-8-13-21)29(38)25(44-32)19-22-18-23(37(40)41)14-15-24(22)43-31-33-16-9-17-34-31/h3-19,28H,2H2,1H3/b25-19+/t28-/m0/s1. The van der Waals surface area contributed by atoms with E-state index in [9.17, 15) is 19.7 Å². The number of carbonyl (C=O) groups is 1. The van der Waals surface area contributed by atoms with E-state index in [2.05, 4.69) is 9.97 Å². The summed E-state index contributed by atoms with van der Waals surface area (Å²) in [4.78, 5) is 53.3. The Balaban J connectivity index is 1.60. The molecule has 3 heterocycles. The topological polar surface area (TPSA) is 130 Å². The third-order valence-electron chi connectivity index (χ3n) is 6.72. The van der Waals surface area contributed by atoms with Gasteiger partial charge in [-0.1, -0.05) is 72.0 Å². The molecule has 0 radical (unpaired) electrons. The summed E-state index contributed by atoms with van der Waals surface area (Å²) in [6.45, 7) is 1.87. The van der Waals surface area contributed by atoms with Gasteiger partial charge in [0.25, 0.3) is 11.2 Å². The lowest BCUT2D eigenvalue weighted by atomic mass is 9.93. The molecule has 5 aromatic rings. The molecule has 2 aromatic heterocycles. The van der Waals surface area contributed by atoms with Crippen molar-refractivity contribution in [2.75, 3.05) is 6.61 Å². The molecule has 218 valence electrons. The number of fused-ring (bicyclic) bond motifs is 1. The van der Waals surface area contributed by atoms with Crippen molar-refractivity contribution in [3.05, 3.63) is 149 Å². The summed E-state index contributed by atoms with van der Waals surface area (Å²) in [5.41, 5.74) is 2.00. The highest BCUT2D eigenvalue weighted by Gasteiger charge is 2.35. The molecule has 10 nitrogen and oxygen atoms in total. The number of ether oxygens (including phenoxy) is 1. The summed E-state index contributed by atoms with van der Waals surface area (Å²) in [5.74, 6) is -0.571. The van der Waals surface area contributed by atoms with Gasteiger partial charge in [0.2, 0.25) is 0 Å². The first-order valence-electron chi connectivity index (χ1n) is 13.5. The van der Waals surface area contributed by atoms with Crippen LogP contribution in [0.5, 0.6) is 0 Å². The number of hydrogen-bond donors (Lipinski definition) is 0. The summed E-state index contributed by atoms with van der Waals surface area (Å²) < 4.78 is 7.28. The van der Waals surface area contributed by atoms with Crippen molar-refractivity contribution in [3.63, 3.8) is 0 Å². The van der Waals surface area contributed by atoms with Crippen molar-refractivity contribution in [3.8, 4) is 0 Å². The van der Waals surface area contributed by atoms with Crippen LogP contribution in [-0.2, 0) is 9.53 Å². The highest BCUT2D eigenvalue weighted by atomic mass is 32.2. The molecule has 0 saturated heterocycles. The third kappa shape index (κ3) is 5.72. The predicted molar refractivity (Wildman–Crippen MR) is 167 cm³/mol. The number of esters is 1. The van der Waals surface area contributed by atoms with E-state index in [1.807, 2.05) is 60.7 Å². The first kappa shape index (κ1) is 28.9. The number of carbonyl (C=O) groups excluding carboxylic acids is 1. The molecule has 12 heteroatoms. The van der Waals surface area contributed by atoms with E-state index in [-0.39, 0.29) is 17.9 Å². The van der Waals surface area contributed by atoms with Crippen molar-refractivity contribution >= 4 is 46.5 Å². The number of aromatic nitrogens is 3. The van der Waals surface area contributed by atoms with Crippen LogP contribution in [0.15, 0.2) is 123 Å². The first-order valence-corrected chi connectivity index (χ1v) is 15.1. The Morgan fingerprint density at radius 2 is 1.75 bits per heavy atom. The molecule has 0 N–H and O–H groups in total. The summed E-state index contributed by atoms with van der Waals surface area (Å²) in [6.07, 6.45) is 4.82. The van der Waals surface area contributed by atoms with E-state index in [4.69, 9.17) is 9.73 Å². The normalized spacial score (nSPS) is 14.6. The van der Waals surface area contributed by atoms with E-state index < -0.39 is 22.5 Å². The van der Waals surface area contributed by atoms with Crippen molar-refractivity contribution in [1.82, 2.24) is 14.5 Å². The molecule has 0 saturated carbocycles. The summed E-state index contributed by atoms with van der Waals surface area (Å²) in [6, 6.07) is 23.8. The number of hydrogen-bond acceptors (Lipinski definition) is 10. The Labute approximate surface area is 258 Å². The number of non-ortho nitro benzene ring substituents is 1. The van der Waals surface area contributed by atoms with Crippen LogP contribution in [0.25, 0.3) is 11.8 Å². The van der Waals surface area contributed by atoms with Gasteiger partial charge in [-0.3, -0.25) is 19.5 Å². The van der Waals surface area contributed by atoms with Gasteiger partial charge in [0, 0.05) is 35.0 Å². The van der Waals surface area contributed by atoms with E-state index in [1.54, 1.807) is 37.5 Å². The van der Waals surface area contributed by atoms with Gasteiger partial charge in [0.15, 0.2) is 9.96 Å². The number of thiazole rings is 1. The maximum atomic E-state index is 14.2. The molecule has 0 fully saturated rings. The minimum absolute atomic E-state index is 0.125. The molecule has 44 heavy (non-hydrogen) atoms. The third-order valence-corrected chi connectivity index (χ3v) is 8.69. The molecule has 1 aliphatic rings. The molecule has 0 amide bonds. The van der Waals surface area contributed by atoms with Crippen LogP contribution in [-0.4, -0.2) is 32.0 Å². The van der Waals surface area contributed by atoms with Crippen molar-refractivity contribution in [2.24, 2.45) is 4.99 Å². The lowest BCUT2D eigenvalue weighted by Crippen LogP contribution is -2.40. The van der Waals surface area contributed by atoms with E-state index >= 15 is 0 Å². The monoisotopic (exact) mass is 621 g/mol. The maximum Gasteiger partial charge on any atom is 0.338 e. The summed E-state index contributed by atoms with van der Waals surface area (Å²) >= 11 is 2.37. The summed E-state index contributed by atoms with van der Waals surface area (Å²) in [7, 11) is 0. The van der Waals surface area contributed by atoms with Gasteiger partial charge in [-0.25, -0.2) is 19.8 Å². The van der Waals surface area contributed by atoms with Crippen LogP contribution < -0.4 is 14.9 Å². The van der Waals surface area contributed by atoms with Gasteiger partial charge in [0.05, 0.1) is 33.4 Å². The first-order chi connectivity index (χ1) is 21.4. The van der Waals surface area contributed by atoms with Crippen LogP contribution in [0.3, 0.4) is 0 Å². The molecule has 3 aromatic carbocycles. The maximum absolute atomic E-state index is 14.2. The zero-order valence-electron chi connectivity index (χ0n) is 23.2. The summed E-state index contributed by atoms with van der Waals surface area (Å²) in [5, 5.41) is 12.1. The Kier molecular flexibility index (Phi) is 8.26. The second-order valence-electron chi connectivity index (χ2n) is 9.45. The minimum atomic E-state index is -0.819. The zero-order chi connectivity index (χ0) is 30.6. The van der Waals surface area contributed by atoms with Crippen molar-refractivity contribution < 1.29 is 14.5 Å². The van der Waals surface area contributed by atoms with E-state index in [1.165, 1.54) is 28.5 Å². The number of nitro groups is 1. The molecule has 6 rings (SSSR count). The van der Waals surface area contributed by atoms with Crippen LogP contribution in [0.4, 0.5) is 5.69 Å². The molecule has 0 unspecified atom stereocenters. The van der Waals surface area contributed by atoms with Crippen LogP contribution >= 0.6 is 23.1 Å². The molecular formula is C32H23N5O5S2. The Morgan fingerprint density at radius 3 is 2.43 bits per heavy atom. The number of benzene rings is 3. The molecule has 1 atom stereocenters. The number of nitro benzene ring substituents is 1. The lowest BCUT2D eigenvalue weighted by molar-refractivity contribution is -0.384. The van der Waals surface area contributed by atoms with Crippen molar-refractivity contribution in [1.29, 1.82) is 0 Å². The smallest absolute Gasteiger partial charge is 0.338 e. The Morgan fingerprint density at radius 1 is 1.05 bits per heavy atom. The molecule has 1 aliphatic heterocycles. The van der Waals surface area contributed by atoms with Crippen LogP contribution in [0.2, 0.25) is 0 Å². The van der Waals surface area contributed by atoms with Crippen LogP contribution in [0.1, 0.15) is 29.7 Å². The Hall–Kier alpha value is -5.20. The van der Waals surface area contributed by atoms with Gasteiger partial charge >= 0.3 is 5.97 Å². The molecule has 0 spiro atoms. The minimum Gasteiger partial charge on any atom is -0.463 e. The predicted octanol–water partition coefficient (Wildman–Crippen LogP) is 4.79. The quantitative estimate of drug-likeness (QED) is 0.105. The van der Waals surface area contributed by atoms with E-state index in [0.29, 0.717) is 41.8 Å². The largest absolute Gasteiger partial charge is 0.463 e. The van der Waals surface area contributed by atoms with Gasteiger partial charge < -0.3 is 4.74 Å². The van der Waals surface area contributed by atoms with E-state index in [0.717, 1.165) is 11.3 Å². The molecular weight excluding hydrogens is 599 g/mol. The second kappa shape index (κ2) is 12.6. The Bertz CT molecular complexity index is 2080. The highest BCUT2D eigenvalue weighted by molar-refractivity contribution is 7.99. The number of nitrogens with zero attached hydrogens (tertiary/aromatic N) is 5. The molecule has 0 bridgehead atoms. The van der Waals surface area contributed by atoms with Gasteiger partial charge in [-0.15, -0.1) is 0 Å². The lowest BCUT2D eigenvalue weighted by Gasteiger charge is -2.25. The zero-order valence-corrected chi connectivity index (χ0v) is 24.8. The fraction of sp³-hybridized carbons (Fsp3) is 0.0938. The highest BCUT2D eigenvalue weighted by Crippen LogP contribution is 2.35.